The fourth-order valence-corrected chi connectivity index (χ4v) is 4.58. The van der Waals surface area contributed by atoms with Crippen molar-refractivity contribution >= 4 is 11.9 Å². The summed E-state index contributed by atoms with van der Waals surface area (Å²) in [6, 6.07) is 0. The first-order chi connectivity index (χ1) is 11.2. The van der Waals surface area contributed by atoms with E-state index < -0.39 is 0 Å². The predicted molar refractivity (Wildman–Crippen MR) is 91.0 cm³/mol. The van der Waals surface area contributed by atoms with Crippen LogP contribution in [-0.4, -0.2) is 24.1 Å². The highest BCUT2D eigenvalue weighted by Crippen LogP contribution is 2.56. The first-order valence-corrected chi connectivity index (χ1v) is 8.67. The molecule has 0 aromatic rings. The molecule has 1 saturated carbocycles. The molecule has 0 aromatic heterocycles. The van der Waals surface area contributed by atoms with Crippen LogP contribution in [0.3, 0.4) is 0 Å². The highest BCUT2D eigenvalue weighted by Gasteiger charge is 2.59. The second kappa shape index (κ2) is 5.91. The number of allylic oxidation sites excluding steroid dienone is 2. The standard InChI is InChI=1S/C20H26O4/c1-11(2)10-16(21)23-15-7-6-12(3)17-18-14(8-9-20(15,17)5)13(4)19(22)24-18/h6-7,10,13-15,17-18H,3,8-9H2,1-2,4-5H3. The summed E-state index contributed by atoms with van der Waals surface area (Å²) in [7, 11) is 0. The molecule has 3 rings (SSSR count). The van der Waals surface area contributed by atoms with Crippen molar-refractivity contribution in [2.24, 2.45) is 23.2 Å². The quantitative estimate of drug-likeness (QED) is 0.573. The summed E-state index contributed by atoms with van der Waals surface area (Å²) >= 11 is 0. The highest BCUT2D eigenvalue weighted by molar-refractivity contribution is 5.83. The Balaban J connectivity index is 1.90. The number of hydrogen-bond acceptors (Lipinski definition) is 4. The first-order valence-electron chi connectivity index (χ1n) is 8.67. The van der Waals surface area contributed by atoms with Crippen LogP contribution < -0.4 is 0 Å². The maximum absolute atomic E-state index is 12.1. The van der Waals surface area contributed by atoms with Crippen LogP contribution in [0.2, 0.25) is 0 Å². The van der Waals surface area contributed by atoms with E-state index in [0.717, 1.165) is 24.0 Å². The van der Waals surface area contributed by atoms with E-state index in [-0.39, 0.29) is 47.3 Å². The largest absolute Gasteiger partial charge is 0.461 e. The normalized spacial score (nSPS) is 40.4. The molecule has 6 atom stereocenters. The molecule has 0 aromatic carbocycles. The first kappa shape index (κ1) is 17.0. The summed E-state index contributed by atoms with van der Waals surface area (Å²) in [5.74, 6) is -0.275. The summed E-state index contributed by atoms with van der Waals surface area (Å²) in [6.07, 6.45) is 6.67. The van der Waals surface area contributed by atoms with E-state index in [9.17, 15) is 9.59 Å². The van der Waals surface area contributed by atoms with Crippen LogP contribution in [0.1, 0.15) is 40.5 Å². The van der Waals surface area contributed by atoms with E-state index >= 15 is 0 Å². The van der Waals surface area contributed by atoms with E-state index in [0.29, 0.717) is 0 Å². The van der Waals surface area contributed by atoms with Gasteiger partial charge >= 0.3 is 11.9 Å². The fourth-order valence-electron chi connectivity index (χ4n) is 4.58. The van der Waals surface area contributed by atoms with Gasteiger partial charge in [0.1, 0.15) is 12.2 Å². The van der Waals surface area contributed by atoms with E-state index in [1.54, 1.807) is 0 Å². The molecule has 0 N–H and O–H groups in total. The number of hydrogen-bond donors (Lipinski definition) is 0. The van der Waals surface area contributed by atoms with E-state index in [1.165, 1.54) is 6.08 Å². The molecular weight excluding hydrogens is 304 g/mol. The van der Waals surface area contributed by atoms with Gasteiger partial charge in [0.2, 0.25) is 0 Å². The van der Waals surface area contributed by atoms with Gasteiger partial charge in [-0.2, -0.15) is 0 Å². The van der Waals surface area contributed by atoms with Crippen LogP contribution in [0.5, 0.6) is 0 Å². The number of fused-ring (bicyclic) bond motifs is 3. The Labute approximate surface area is 143 Å². The summed E-state index contributed by atoms with van der Waals surface area (Å²) in [6.45, 7) is 12.0. The third-order valence-electron chi connectivity index (χ3n) is 5.93. The van der Waals surface area contributed by atoms with E-state index in [1.807, 2.05) is 32.9 Å². The van der Waals surface area contributed by atoms with E-state index in [2.05, 4.69) is 13.5 Å². The Kier molecular flexibility index (Phi) is 4.18. The molecule has 0 radical (unpaired) electrons. The molecule has 4 nitrogen and oxygen atoms in total. The van der Waals surface area contributed by atoms with Gasteiger partial charge in [0.05, 0.1) is 5.92 Å². The van der Waals surface area contributed by atoms with Crippen LogP contribution >= 0.6 is 0 Å². The van der Waals surface area contributed by atoms with Crippen molar-refractivity contribution in [2.75, 3.05) is 0 Å². The van der Waals surface area contributed by atoms with Crippen molar-refractivity contribution < 1.29 is 19.1 Å². The zero-order valence-corrected chi connectivity index (χ0v) is 14.9. The Bertz CT molecular complexity index is 640. The van der Waals surface area contributed by atoms with E-state index in [4.69, 9.17) is 9.47 Å². The maximum Gasteiger partial charge on any atom is 0.331 e. The van der Waals surface area contributed by atoms with Crippen LogP contribution in [-0.2, 0) is 19.1 Å². The van der Waals surface area contributed by atoms with Crippen LogP contribution in [0.15, 0.2) is 36.0 Å². The van der Waals surface area contributed by atoms with Gasteiger partial charge < -0.3 is 9.47 Å². The zero-order chi connectivity index (χ0) is 17.6. The van der Waals surface area contributed by atoms with Gasteiger partial charge in [-0.25, -0.2) is 4.79 Å². The predicted octanol–water partition coefficient (Wildman–Crippen LogP) is 3.58. The van der Waals surface area contributed by atoms with Gasteiger partial charge in [0, 0.05) is 23.3 Å². The average Bonchev–Trinajstić information content (AvgIpc) is 2.76. The minimum atomic E-state index is -0.327. The van der Waals surface area contributed by atoms with Crippen LogP contribution in [0.4, 0.5) is 0 Å². The summed E-state index contributed by atoms with van der Waals surface area (Å²) in [5.41, 5.74) is 1.58. The second-order valence-corrected chi connectivity index (χ2v) is 7.89. The summed E-state index contributed by atoms with van der Waals surface area (Å²) < 4.78 is 11.5. The minimum Gasteiger partial charge on any atom is -0.461 e. The molecule has 1 saturated heterocycles. The number of ether oxygens (including phenoxy) is 2. The van der Waals surface area contributed by atoms with Crippen molar-refractivity contribution in [3.8, 4) is 0 Å². The van der Waals surface area contributed by atoms with Crippen molar-refractivity contribution in [3.05, 3.63) is 36.0 Å². The number of rotatable bonds is 2. The molecule has 4 heteroatoms. The highest BCUT2D eigenvalue weighted by atomic mass is 16.6. The van der Waals surface area contributed by atoms with Crippen LogP contribution in [0, 0.1) is 23.2 Å². The number of carbonyl (C=O) groups is 2. The lowest BCUT2D eigenvalue weighted by molar-refractivity contribution is -0.159. The molecule has 130 valence electrons. The van der Waals surface area contributed by atoms with Crippen molar-refractivity contribution in [3.63, 3.8) is 0 Å². The molecule has 1 aliphatic heterocycles. The van der Waals surface area contributed by atoms with Crippen molar-refractivity contribution in [1.29, 1.82) is 0 Å². The molecule has 0 amide bonds. The summed E-state index contributed by atoms with van der Waals surface area (Å²) in [5, 5.41) is 0. The topological polar surface area (TPSA) is 52.6 Å². The average molecular weight is 330 g/mol. The van der Waals surface area contributed by atoms with Gasteiger partial charge in [-0.05, 0) is 38.3 Å². The monoisotopic (exact) mass is 330 g/mol. The molecular formula is C20H26O4. The Morgan fingerprint density at radius 2 is 2.17 bits per heavy atom. The Morgan fingerprint density at radius 3 is 2.83 bits per heavy atom. The molecule has 2 aliphatic carbocycles. The molecule has 0 spiro atoms. The molecule has 2 fully saturated rings. The number of carbonyl (C=O) groups excluding carboxylic acids is 2. The van der Waals surface area contributed by atoms with Gasteiger partial charge in [-0.1, -0.05) is 32.1 Å². The third kappa shape index (κ3) is 2.62. The lowest BCUT2D eigenvalue weighted by Crippen LogP contribution is -2.53. The van der Waals surface area contributed by atoms with Gasteiger partial charge in [-0.15, -0.1) is 0 Å². The minimum absolute atomic E-state index is 0.000321. The third-order valence-corrected chi connectivity index (χ3v) is 5.93. The SMILES string of the molecule is C=C1C=CC(OC(=O)C=C(C)C)C2(C)CCC3C(C)C(=O)OC3C12. The molecule has 0 bridgehead atoms. The summed E-state index contributed by atoms with van der Waals surface area (Å²) in [4.78, 5) is 24.2. The van der Waals surface area contributed by atoms with Crippen molar-refractivity contribution in [2.45, 2.75) is 52.7 Å². The van der Waals surface area contributed by atoms with Gasteiger partial charge in [0.25, 0.3) is 0 Å². The Morgan fingerprint density at radius 1 is 1.46 bits per heavy atom. The number of esters is 2. The molecule has 1 heterocycles. The Hall–Kier alpha value is -1.84. The second-order valence-electron chi connectivity index (χ2n) is 7.89. The molecule has 6 unspecified atom stereocenters. The zero-order valence-electron chi connectivity index (χ0n) is 14.9. The maximum atomic E-state index is 12.1. The van der Waals surface area contributed by atoms with Crippen LogP contribution in [0.25, 0.3) is 0 Å². The van der Waals surface area contributed by atoms with Gasteiger partial charge in [-0.3, -0.25) is 4.79 Å². The molecule has 24 heavy (non-hydrogen) atoms. The molecule has 3 aliphatic rings. The lowest BCUT2D eigenvalue weighted by atomic mass is 9.55. The van der Waals surface area contributed by atoms with Gasteiger partial charge in [0.15, 0.2) is 0 Å². The smallest absolute Gasteiger partial charge is 0.331 e. The lowest BCUT2D eigenvalue weighted by Gasteiger charge is -2.51. The fraction of sp³-hybridized carbons (Fsp3) is 0.600. The van der Waals surface area contributed by atoms with Crippen molar-refractivity contribution in [1.82, 2.24) is 0 Å².